The van der Waals surface area contributed by atoms with Gasteiger partial charge in [-0.2, -0.15) is 0 Å². The highest BCUT2D eigenvalue weighted by molar-refractivity contribution is 5.75. The summed E-state index contributed by atoms with van der Waals surface area (Å²) >= 11 is 0. The molecule has 0 aliphatic rings. The number of carbonyl (C=O) groups excluding carboxylic acids is 3. The fourth-order valence-corrected chi connectivity index (χ4v) is 3.70. The van der Waals surface area contributed by atoms with E-state index in [9.17, 15) is 24.3 Å². The molecule has 1 aromatic rings. The molecule has 1 aromatic carbocycles. The second-order valence-corrected chi connectivity index (χ2v) is 9.96. The molecule has 0 aromatic heterocycles. The summed E-state index contributed by atoms with van der Waals surface area (Å²) < 4.78 is 31.5. The summed E-state index contributed by atoms with van der Waals surface area (Å²) in [6.07, 6.45) is -0.950. The quantitative estimate of drug-likeness (QED) is 0.0982. The first-order chi connectivity index (χ1) is 19.3. The van der Waals surface area contributed by atoms with Crippen LogP contribution in [0.1, 0.15) is 92.1 Å². The number of ether oxygens (including phenoxy) is 6. The van der Waals surface area contributed by atoms with Gasteiger partial charge in [-0.25, -0.2) is 14.4 Å². The van der Waals surface area contributed by atoms with Crippen molar-refractivity contribution in [3.05, 3.63) is 23.8 Å². The number of carboxylic acids is 1. The van der Waals surface area contributed by atoms with E-state index in [0.717, 1.165) is 12.8 Å². The molecule has 0 aliphatic heterocycles. The van der Waals surface area contributed by atoms with E-state index < -0.39 is 60.6 Å². The number of carbonyl (C=O) groups is 4. The lowest BCUT2D eigenvalue weighted by Crippen LogP contribution is -2.42. The Labute approximate surface area is 241 Å². The van der Waals surface area contributed by atoms with Crippen molar-refractivity contribution in [3.63, 3.8) is 0 Å². The molecule has 1 rings (SSSR count). The molecule has 6 atom stereocenters. The van der Waals surface area contributed by atoms with Gasteiger partial charge in [0.2, 0.25) is 0 Å². The third-order valence-electron chi connectivity index (χ3n) is 6.71. The lowest BCUT2D eigenvalue weighted by atomic mass is 9.79. The molecule has 0 amide bonds. The lowest BCUT2D eigenvalue weighted by Gasteiger charge is -2.31. The fourth-order valence-electron chi connectivity index (χ4n) is 3.70. The Balaban J connectivity index is 3.35. The monoisotopic (exact) mass is 583 g/mol. The predicted molar refractivity (Wildman–Crippen MR) is 149 cm³/mol. The number of carboxylic acid groups (broad SMARTS) is 1. The number of benzene rings is 1. The van der Waals surface area contributed by atoms with Crippen LogP contribution in [0.2, 0.25) is 0 Å². The Morgan fingerprint density at radius 1 is 0.805 bits per heavy atom. The molecule has 5 unspecified atom stereocenters. The molecule has 0 bridgehead atoms. The predicted octanol–water partition coefficient (Wildman–Crippen LogP) is 6.18. The zero-order chi connectivity index (χ0) is 31.1. The van der Waals surface area contributed by atoms with Crippen LogP contribution in [0.3, 0.4) is 0 Å². The summed E-state index contributed by atoms with van der Waals surface area (Å²) in [5, 5.41) is 9.77. The van der Waals surface area contributed by atoms with Crippen LogP contribution in [-0.2, 0) is 23.7 Å². The minimum Gasteiger partial charge on any atom is -0.480 e. The van der Waals surface area contributed by atoms with E-state index in [2.05, 4.69) is 0 Å². The van der Waals surface area contributed by atoms with Gasteiger partial charge in [0.15, 0.2) is 11.5 Å². The first-order valence-corrected chi connectivity index (χ1v) is 14.1. The van der Waals surface area contributed by atoms with Gasteiger partial charge in [0.25, 0.3) is 0 Å². The zero-order valence-electron chi connectivity index (χ0n) is 25.0. The van der Waals surface area contributed by atoms with Crippen molar-refractivity contribution in [2.45, 2.75) is 111 Å². The van der Waals surface area contributed by atoms with Gasteiger partial charge in [-0.15, -0.1) is 0 Å². The van der Waals surface area contributed by atoms with E-state index in [1.54, 1.807) is 27.7 Å². The molecular weight excluding hydrogens is 538 g/mol. The van der Waals surface area contributed by atoms with E-state index in [0.29, 0.717) is 24.8 Å². The molecule has 41 heavy (non-hydrogen) atoms. The maximum atomic E-state index is 12.5. The van der Waals surface area contributed by atoms with Gasteiger partial charge >= 0.3 is 24.4 Å². The van der Waals surface area contributed by atoms with Crippen LogP contribution in [0.15, 0.2) is 18.2 Å². The SMILES string of the molecule is CCCCCOC(=O)OC(C)C(C)C(c1ccc(OC(=O)OC(C)CC)c(OC(=O)OC(C)CC)c1)[C@H](N)C(=O)O. The van der Waals surface area contributed by atoms with Crippen LogP contribution in [0.4, 0.5) is 14.4 Å². The highest BCUT2D eigenvalue weighted by Crippen LogP contribution is 2.37. The van der Waals surface area contributed by atoms with E-state index in [1.165, 1.54) is 18.2 Å². The second kappa shape index (κ2) is 18.0. The highest BCUT2D eigenvalue weighted by Gasteiger charge is 2.36. The minimum absolute atomic E-state index is 0.154. The number of hydrogen-bond donors (Lipinski definition) is 2. The van der Waals surface area contributed by atoms with E-state index in [1.807, 2.05) is 20.8 Å². The fraction of sp³-hybridized carbons (Fsp3) is 0.655. The van der Waals surface area contributed by atoms with Crippen molar-refractivity contribution in [1.29, 1.82) is 0 Å². The summed E-state index contributed by atoms with van der Waals surface area (Å²) in [5.41, 5.74) is 6.42. The van der Waals surface area contributed by atoms with Crippen LogP contribution in [0.25, 0.3) is 0 Å². The summed E-state index contributed by atoms with van der Waals surface area (Å²) in [5.74, 6) is -3.22. The molecule has 0 saturated carbocycles. The zero-order valence-corrected chi connectivity index (χ0v) is 25.0. The molecule has 0 radical (unpaired) electrons. The molecule has 0 aliphatic carbocycles. The van der Waals surface area contributed by atoms with Crippen molar-refractivity contribution in [3.8, 4) is 11.5 Å². The van der Waals surface area contributed by atoms with Gasteiger partial charge in [0.05, 0.1) is 6.61 Å². The number of rotatable bonds is 16. The summed E-state index contributed by atoms with van der Waals surface area (Å²) in [6, 6.07) is 2.72. The van der Waals surface area contributed by atoms with E-state index in [-0.39, 0.29) is 18.1 Å². The van der Waals surface area contributed by atoms with Crippen LogP contribution >= 0.6 is 0 Å². The van der Waals surface area contributed by atoms with Crippen LogP contribution < -0.4 is 15.2 Å². The average Bonchev–Trinajstić information content (AvgIpc) is 2.91. The first kappa shape index (κ1) is 35.5. The Bertz CT molecular complexity index is 999. The Morgan fingerprint density at radius 2 is 1.37 bits per heavy atom. The number of hydrogen-bond acceptors (Lipinski definition) is 11. The second-order valence-electron chi connectivity index (χ2n) is 9.96. The molecule has 0 fully saturated rings. The highest BCUT2D eigenvalue weighted by atomic mass is 16.8. The first-order valence-electron chi connectivity index (χ1n) is 14.1. The third-order valence-corrected chi connectivity index (χ3v) is 6.71. The Kier molecular flexibility index (Phi) is 15.6. The van der Waals surface area contributed by atoms with Gasteiger partial charge in [-0.3, -0.25) is 4.79 Å². The maximum Gasteiger partial charge on any atom is 0.514 e. The van der Waals surface area contributed by atoms with Gasteiger partial charge in [-0.05, 0) is 57.7 Å². The topological polar surface area (TPSA) is 170 Å². The number of aliphatic carboxylic acids is 1. The van der Waals surface area contributed by atoms with Gasteiger partial charge in [0.1, 0.15) is 24.4 Å². The molecule has 3 N–H and O–H groups in total. The summed E-state index contributed by atoms with van der Waals surface area (Å²) in [4.78, 5) is 48.9. The smallest absolute Gasteiger partial charge is 0.480 e. The number of nitrogens with two attached hydrogens (primary N) is 1. The van der Waals surface area contributed by atoms with Crippen molar-refractivity contribution < 1.29 is 52.7 Å². The summed E-state index contributed by atoms with van der Waals surface area (Å²) in [6.45, 7) is 12.5. The van der Waals surface area contributed by atoms with Gasteiger partial charge in [0, 0.05) is 11.8 Å². The van der Waals surface area contributed by atoms with E-state index >= 15 is 0 Å². The third kappa shape index (κ3) is 12.2. The van der Waals surface area contributed by atoms with Crippen molar-refractivity contribution in [1.82, 2.24) is 0 Å². The molecule has 232 valence electrons. The van der Waals surface area contributed by atoms with Crippen LogP contribution in [0, 0.1) is 5.92 Å². The van der Waals surface area contributed by atoms with Crippen LogP contribution in [-0.4, -0.2) is 60.5 Å². The molecule has 0 saturated heterocycles. The normalized spacial score (nSPS) is 15.3. The standard InChI is InChI=1S/C29H45NO11/c1-8-11-12-15-36-27(33)39-20(7)19(6)24(25(30)26(31)32)21-13-14-22(40-28(34)37-17(4)9-2)23(16-21)41-29(35)38-18(5)10-3/h13-14,16-20,24-25H,8-12,15,30H2,1-7H3,(H,31,32)/t17?,18?,19?,20?,24?,25-/m0/s1. The van der Waals surface area contributed by atoms with Crippen molar-refractivity contribution >= 4 is 24.4 Å². The molecule has 12 heteroatoms. The van der Waals surface area contributed by atoms with Crippen molar-refractivity contribution in [2.75, 3.05) is 6.61 Å². The molecular formula is C29H45NO11. The van der Waals surface area contributed by atoms with Gasteiger partial charge < -0.3 is 39.3 Å². The lowest BCUT2D eigenvalue weighted by molar-refractivity contribution is -0.139. The van der Waals surface area contributed by atoms with E-state index in [4.69, 9.17) is 34.2 Å². The van der Waals surface area contributed by atoms with Crippen molar-refractivity contribution in [2.24, 2.45) is 11.7 Å². The molecule has 0 heterocycles. The Morgan fingerprint density at radius 3 is 1.88 bits per heavy atom. The Hall–Kier alpha value is -3.54. The summed E-state index contributed by atoms with van der Waals surface area (Å²) in [7, 11) is 0. The average molecular weight is 584 g/mol. The maximum absolute atomic E-state index is 12.5. The minimum atomic E-state index is -1.43. The molecule has 0 spiro atoms. The van der Waals surface area contributed by atoms with Crippen LogP contribution in [0.5, 0.6) is 11.5 Å². The largest absolute Gasteiger partial charge is 0.514 e. The number of unbranched alkanes of at least 4 members (excludes halogenated alkanes) is 2. The van der Waals surface area contributed by atoms with Gasteiger partial charge in [-0.1, -0.05) is 46.6 Å². The molecule has 12 nitrogen and oxygen atoms in total.